The minimum Gasteiger partial charge on any atom is -0.478 e. The Hall–Kier alpha value is -1.29. The van der Waals surface area contributed by atoms with E-state index in [9.17, 15) is 4.79 Å². The lowest BCUT2D eigenvalue weighted by Crippen LogP contribution is -2.28. The van der Waals surface area contributed by atoms with E-state index in [4.69, 9.17) is 16.7 Å². The summed E-state index contributed by atoms with van der Waals surface area (Å²) in [4.78, 5) is 17.4. The molecule has 4 nitrogen and oxygen atoms in total. The van der Waals surface area contributed by atoms with Crippen LogP contribution in [-0.2, 0) is 0 Å². The Morgan fingerprint density at radius 3 is 2.88 bits per heavy atom. The van der Waals surface area contributed by atoms with Crippen LogP contribution >= 0.6 is 11.6 Å². The predicted molar refractivity (Wildman–Crippen MR) is 66.9 cm³/mol. The molecule has 0 bridgehead atoms. The van der Waals surface area contributed by atoms with Crippen LogP contribution in [0, 0.1) is 0 Å². The fraction of sp³-hybridized carbons (Fsp3) is 0.500. The average Bonchev–Trinajstić information content (AvgIpc) is 3.10. The van der Waals surface area contributed by atoms with Gasteiger partial charge in [0.15, 0.2) is 0 Å². The largest absolute Gasteiger partial charge is 0.478 e. The third kappa shape index (κ3) is 2.52. The second kappa shape index (κ2) is 4.92. The van der Waals surface area contributed by atoms with Crippen molar-refractivity contribution in [1.82, 2.24) is 4.98 Å². The second-order valence-electron chi connectivity index (χ2n) is 4.23. The van der Waals surface area contributed by atoms with Gasteiger partial charge >= 0.3 is 5.97 Å². The maximum Gasteiger partial charge on any atom is 0.337 e. The lowest BCUT2D eigenvalue weighted by Gasteiger charge is -2.24. The summed E-state index contributed by atoms with van der Waals surface area (Å²) in [7, 11) is 0. The predicted octanol–water partition coefficient (Wildman–Crippen LogP) is 2.81. The molecular formula is C12H15ClN2O2. The molecule has 1 fully saturated rings. The van der Waals surface area contributed by atoms with Crippen molar-refractivity contribution in [2.24, 2.45) is 0 Å². The van der Waals surface area contributed by atoms with E-state index in [-0.39, 0.29) is 10.6 Å². The van der Waals surface area contributed by atoms with Gasteiger partial charge in [-0.15, -0.1) is 0 Å². The van der Waals surface area contributed by atoms with Gasteiger partial charge in [0, 0.05) is 18.8 Å². The van der Waals surface area contributed by atoms with Crippen LogP contribution < -0.4 is 4.90 Å². The molecule has 0 unspecified atom stereocenters. The van der Waals surface area contributed by atoms with Crippen molar-refractivity contribution in [2.45, 2.75) is 32.2 Å². The van der Waals surface area contributed by atoms with Crippen molar-refractivity contribution in [3.05, 3.63) is 22.8 Å². The first-order chi connectivity index (χ1) is 8.15. The molecule has 0 saturated heterocycles. The first-order valence-corrected chi connectivity index (χ1v) is 6.17. The molecule has 1 heterocycles. The van der Waals surface area contributed by atoms with Gasteiger partial charge in [0.2, 0.25) is 0 Å². The highest BCUT2D eigenvalue weighted by Crippen LogP contribution is 2.35. The molecule has 2 rings (SSSR count). The molecule has 1 aromatic rings. The number of pyridine rings is 1. The van der Waals surface area contributed by atoms with E-state index >= 15 is 0 Å². The Bertz CT molecular complexity index is 433. The summed E-state index contributed by atoms with van der Waals surface area (Å²) in [5.41, 5.74) is 0.124. The van der Waals surface area contributed by atoms with E-state index in [0.717, 1.165) is 25.8 Å². The Labute approximate surface area is 105 Å². The molecule has 17 heavy (non-hydrogen) atoms. The number of aromatic nitrogens is 1. The van der Waals surface area contributed by atoms with Crippen molar-refractivity contribution in [3.8, 4) is 0 Å². The van der Waals surface area contributed by atoms with Gasteiger partial charge in [0.25, 0.3) is 0 Å². The van der Waals surface area contributed by atoms with Crippen LogP contribution in [-0.4, -0.2) is 28.6 Å². The number of nitrogens with zero attached hydrogens (tertiary/aromatic N) is 2. The topological polar surface area (TPSA) is 53.4 Å². The van der Waals surface area contributed by atoms with Gasteiger partial charge in [0.05, 0.1) is 10.6 Å². The van der Waals surface area contributed by atoms with Crippen LogP contribution in [0.3, 0.4) is 0 Å². The van der Waals surface area contributed by atoms with E-state index < -0.39 is 5.97 Å². The number of hydrogen-bond donors (Lipinski definition) is 1. The Morgan fingerprint density at radius 1 is 1.65 bits per heavy atom. The summed E-state index contributed by atoms with van der Waals surface area (Å²) in [5, 5.41) is 9.28. The molecule has 0 atom stereocenters. The number of hydrogen-bond acceptors (Lipinski definition) is 3. The normalized spacial score (nSPS) is 14.7. The molecule has 1 aliphatic carbocycles. The smallest absolute Gasteiger partial charge is 0.337 e. The lowest BCUT2D eigenvalue weighted by molar-refractivity contribution is 0.0697. The quantitative estimate of drug-likeness (QED) is 0.878. The van der Waals surface area contributed by atoms with E-state index in [0.29, 0.717) is 11.9 Å². The number of anilines is 1. The number of rotatable bonds is 5. The summed E-state index contributed by atoms with van der Waals surface area (Å²) >= 11 is 6.12. The van der Waals surface area contributed by atoms with Crippen LogP contribution in [0.2, 0.25) is 5.02 Å². The molecule has 0 radical (unpaired) electrons. The summed E-state index contributed by atoms with van der Waals surface area (Å²) in [6.45, 7) is 2.95. The molecule has 1 aromatic heterocycles. The first kappa shape index (κ1) is 12.2. The van der Waals surface area contributed by atoms with E-state index in [1.807, 2.05) is 0 Å². The third-order valence-electron chi connectivity index (χ3n) is 2.83. The number of carboxylic acid groups (broad SMARTS) is 1. The van der Waals surface area contributed by atoms with Crippen LogP contribution in [0.5, 0.6) is 0 Å². The van der Waals surface area contributed by atoms with E-state index in [2.05, 4.69) is 16.8 Å². The number of aromatic carboxylic acids is 1. The van der Waals surface area contributed by atoms with Gasteiger partial charge in [-0.25, -0.2) is 9.78 Å². The van der Waals surface area contributed by atoms with Gasteiger partial charge in [-0.1, -0.05) is 18.5 Å². The van der Waals surface area contributed by atoms with Gasteiger partial charge < -0.3 is 10.0 Å². The average molecular weight is 255 g/mol. The number of halogens is 1. The fourth-order valence-electron chi connectivity index (χ4n) is 1.89. The second-order valence-corrected chi connectivity index (χ2v) is 4.60. The van der Waals surface area contributed by atoms with E-state index in [1.54, 1.807) is 0 Å². The SMILES string of the molecule is CCCN(c1nccc(C(=O)O)c1Cl)C1CC1. The fourth-order valence-corrected chi connectivity index (χ4v) is 2.19. The minimum absolute atomic E-state index is 0.124. The maximum atomic E-state index is 11.0. The van der Waals surface area contributed by atoms with Crippen molar-refractivity contribution in [3.63, 3.8) is 0 Å². The molecule has 0 spiro atoms. The molecule has 5 heteroatoms. The maximum absolute atomic E-state index is 11.0. The van der Waals surface area contributed by atoms with Crippen LogP contribution in [0.15, 0.2) is 12.3 Å². The van der Waals surface area contributed by atoms with E-state index in [1.165, 1.54) is 12.3 Å². The molecule has 92 valence electrons. The summed E-state index contributed by atoms with van der Waals surface area (Å²) < 4.78 is 0. The highest BCUT2D eigenvalue weighted by atomic mass is 35.5. The Balaban J connectivity index is 2.35. The summed E-state index contributed by atoms with van der Waals surface area (Å²) in [6.07, 6.45) is 4.77. The lowest BCUT2D eigenvalue weighted by atomic mass is 10.2. The first-order valence-electron chi connectivity index (χ1n) is 5.79. The molecule has 1 N–H and O–H groups in total. The van der Waals surface area contributed by atoms with Crippen LogP contribution in [0.1, 0.15) is 36.5 Å². The highest BCUT2D eigenvalue weighted by Gasteiger charge is 2.31. The number of carbonyl (C=O) groups is 1. The molecule has 0 amide bonds. The molecule has 0 aromatic carbocycles. The highest BCUT2D eigenvalue weighted by molar-refractivity contribution is 6.35. The summed E-state index contributed by atoms with van der Waals surface area (Å²) in [6, 6.07) is 1.91. The monoisotopic (exact) mass is 254 g/mol. The molecule has 1 aliphatic rings. The zero-order valence-corrected chi connectivity index (χ0v) is 10.4. The summed E-state index contributed by atoms with van der Waals surface area (Å²) in [5.74, 6) is -0.401. The van der Waals surface area contributed by atoms with Gasteiger partial charge in [-0.2, -0.15) is 0 Å². The molecule has 1 saturated carbocycles. The van der Waals surface area contributed by atoms with Gasteiger partial charge in [-0.3, -0.25) is 0 Å². The zero-order valence-electron chi connectivity index (χ0n) is 9.69. The third-order valence-corrected chi connectivity index (χ3v) is 3.20. The van der Waals surface area contributed by atoms with Crippen LogP contribution in [0.4, 0.5) is 5.82 Å². The Morgan fingerprint density at radius 2 is 2.35 bits per heavy atom. The number of carboxylic acids is 1. The molecule has 0 aliphatic heterocycles. The standard InChI is InChI=1S/C12H15ClN2O2/c1-2-7-15(8-3-4-8)11-10(13)9(12(16)17)5-6-14-11/h5-6,8H,2-4,7H2,1H3,(H,16,17). The van der Waals surface area contributed by atoms with Crippen molar-refractivity contribution >= 4 is 23.4 Å². The van der Waals surface area contributed by atoms with Gasteiger partial charge in [-0.05, 0) is 25.3 Å². The molecular weight excluding hydrogens is 240 g/mol. The van der Waals surface area contributed by atoms with Crippen molar-refractivity contribution in [1.29, 1.82) is 0 Å². The van der Waals surface area contributed by atoms with Gasteiger partial charge in [0.1, 0.15) is 5.82 Å². The minimum atomic E-state index is -1.01. The zero-order chi connectivity index (χ0) is 12.4. The van der Waals surface area contributed by atoms with Crippen LogP contribution in [0.25, 0.3) is 0 Å². The Kier molecular flexibility index (Phi) is 3.52. The van der Waals surface area contributed by atoms with Crippen molar-refractivity contribution < 1.29 is 9.90 Å². The van der Waals surface area contributed by atoms with Crippen molar-refractivity contribution in [2.75, 3.05) is 11.4 Å².